The highest BCUT2D eigenvalue weighted by molar-refractivity contribution is 6.10. The summed E-state index contributed by atoms with van der Waals surface area (Å²) in [5, 5.41) is 1.01. The van der Waals surface area contributed by atoms with Gasteiger partial charge < -0.3 is 8.98 Å². The Morgan fingerprint density at radius 2 is 1.02 bits per heavy atom. The molecule has 0 fully saturated rings. The van der Waals surface area contributed by atoms with Crippen LogP contribution in [0.15, 0.2) is 198 Å². The van der Waals surface area contributed by atoms with Crippen LogP contribution in [0.25, 0.3) is 106 Å². The minimum atomic E-state index is -0.879. The Kier molecular flexibility index (Phi) is 4.57. The van der Waals surface area contributed by atoms with Crippen LogP contribution < -0.4 is 0 Å². The molecule has 0 atom stereocenters. The molecule has 0 N–H and O–H groups in total. The Balaban J connectivity index is 1.24. The molecule has 11 rings (SSSR count). The van der Waals surface area contributed by atoms with E-state index < -0.39 is 125 Å². The van der Waals surface area contributed by atoms with Crippen LogP contribution in [0.4, 0.5) is 0 Å². The molecule has 56 heavy (non-hydrogen) atoms. The number of para-hydroxylation sites is 2. The van der Waals surface area contributed by atoms with Crippen LogP contribution in [0.2, 0.25) is 0 Å². The monoisotopic (exact) mass is 732 g/mol. The van der Waals surface area contributed by atoms with E-state index in [1.807, 2.05) is 78.9 Å². The summed E-state index contributed by atoms with van der Waals surface area (Å²) in [7, 11) is 0. The van der Waals surface area contributed by atoms with Crippen molar-refractivity contribution >= 4 is 43.7 Å². The molecule has 5 heteroatoms. The van der Waals surface area contributed by atoms with Crippen LogP contribution in [0, 0.1) is 0 Å². The molecule has 0 bridgehead atoms. The number of furan rings is 1. The molecule has 8 aromatic carbocycles. The van der Waals surface area contributed by atoms with Gasteiger partial charge in [-0.1, -0.05) is 145 Å². The maximum atomic E-state index is 10.0. The van der Waals surface area contributed by atoms with Crippen LogP contribution >= 0.6 is 0 Å². The van der Waals surface area contributed by atoms with Crippen molar-refractivity contribution in [3.63, 3.8) is 0 Å². The van der Waals surface area contributed by atoms with Crippen molar-refractivity contribution in [1.82, 2.24) is 19.5 Å². The number of nitrogens with zero attached hydrogens (tertiary/aromatic N) is 4. The Bertz CT molecular complexity index is 4140. The minimum Gasteiger partial charge on any atom is -0.456 e. The Morgan fingerprint density at radius 1 is 0.393 bits per heavy atom. The minimum absolute atomic E-state index is 0.0795. The van der Waals surface area contributed by atoms with Gasteiger partial charge in [-0.05, 0) is 70.7 Å². The van der Waals surface area contributed by atoms with E-state index in [2.05, 4.69) is 0 Å². The molecule has 0 unspecified atom stereocenters. The molecule has 0 spiro atoms. The molecule has 0 aliphatic carbocycles. The van der Waals surface area contributed by atoms with Crippen LogP contribution in [-0.2, 0) is 0 Å². The zero-order chi connectivity index (χ0) is 50.9. The first kappa shape index (κ1) is 19.6. The average Bonchev–Trinajstić information content (AvgIpc) is 3.95. The van der Waals surface area contributed by atoms with Gasteiger partial charge in [-0.2, -0.15) is 0 Å². The van der Waals surface area contributed by atoms with Gasteiger partial charge in [0.05, 0.1) is 33.0 Å². The Labute approximate surface area is 345 Å². The van der Waals surface area contributed by atoms with Gasteiger partial charge >= 0.3 is 0 Å². The van der Waals surface area contributed by atoms with Crippen LogP contribution in [0.1, 0.15) is 21.9 Å². The molecule has 11 aromatic rings. The lowest BCUT2D eigenvalue weighted by atomic mass is 10.0. The van der Waals surface area contributed by atoms with Gasteiger partial charge in [0.15, 0.2) is 17.5 Å². The smallest absolute Gasteiger partial charge is 0.164 e. The summed E-state index contributed by atoms with van der Waals surface area (Å²) in [5.41, 5.74) is 0.710. The lowest BCUT2D eigenvalue weighted by Crippen LogP contribution is -2.00. The molecule has 0 radical (unpaired) electrons. The van der Waals surface area contributed by atoms with Gasteiger partial charge in [-0.3, -0.25) is 0 Å². The van der Waals surface area contributed by atoms with Gasteiger partial charge in [0.1, 0.15) is 11.2 Å². The van der Waals surface area contributed by atoms with E-state index >= 15 is 0 Å². The Morgan fingerprint density at radius 3 is 1.86 bits per heavy atom. The molecule has 0 aliphatic heterocycles. The second-order valence-electron chi connectivity index (χ2n) is 12.8. The lowest BCUT2D eigenvalue weighted by Gasteiger charge is -2.11. The third-order valence-electron chi connectivity index (χ3n) is 9.47. The maximum Gasteiger partial charge on any atom is 0.164 e. The zero-order valence-electron chi connectivity index (χ0n) is 44.9. The summed E-state index contributed by atoms with van der Waals surface area (Å²) < 4.78 is 151. The summed E-state index contributed by atoms with van der Waals surface area (Å²) in [5.74, 6) is -0.0932. The molecule has 0 amide bonds. The molecule has 3 aromatic heterocycles. The second-order valence-corrected chi connectivity index (χ2v) is 12.8. The first-order valence-corrected chi connectivity index (χ1v) is 17.5. The number of fused-ring (bicyclic) bond motifs is 6. The van der Waals surface area contributed by atoms with E-state index in [1.54, 1.807) is 18.2 Å². The highest BCUT2D eigenvalue weighted by Gasteiger charge is 2.18. The third-order valence-corrected chi connectivity index (χ3v) is 9.47. The molecular formula is C51H32N4O. The van der Waals surface area contributed by atoms with Crippen molar-refractivity contribution in [2.24, 2.45) is 0 Å². The van der Waals surface area contributed by atoms with Gasteiger partial charge in [0.2, 0.25) is 0 Å². The second kappa shape index (κ2) is 13.0. The fourth-order valence-electron chi connectivity index (χ4n) is 6.84. The summed E-state index contributed by atoms with van der Waals surface area (Å²) in [6.45, 7) is 0. The van der Waals surface area contributed by atoms with Gasteiger partial charge in [0.25, 0.3) is 0 Å². The number of aromatic nitrogens is 4. The molecule has 0 saturated heterocycles. The van der Waals surface area contributed by atoms with Crippen molar-refractivity contribution in [3.05, 3.63) is 194 Å². The van der Waals surface area contributed by atoms with E-state index in [1.165, 1.54) is 0 Å². The standard InChI is InChI=1S/C51H32N4O/c1-3-12-33(13-4-1)35-22-26-40(27-23-35)55-45-20-9-7-18-41(45)42-28-24-38(31-46(42)55)50-52-49(37-17-11-16-36(30-37)34-14-5-2-6-15-34)53-51(54-50)39-25-29-44-43-19-8-10-21-47(43)56-48(44)32-39/h1-32H/i1D,3D,4D,7D,9D,12D,13D,18D,20D,22D,23D,24D,26D,27D,28D,31D. The van der Waals surface area contributed by atoms with E-state index in [9.17, 15) is 11.0 Å². The SMILES string of the molecule is [2H]c1c([2H])c([2H])c(-c2c([2H])c([2H])c(-n3c4c([2H])c([2H])c([2H])c([2H])c4c4c([2H])c([2H])c(-c5nc(-c6cccc(-c7ccccc7)c6)nc(-c6ccc7c(c6)oc6ccccc67)n5)c([2H])c43)c([2H])c2[2H])c([2H])c1[2H]. The van der Waals surface area contributed by atoms with Crippen LogP contribution in [-0.4, -0.2) is 19.5 Å². The van der Waals surface area contributed by atoms with Crippen molar-refractivity contribution in [1.29, 1.82) is 0 Å². The predicted octanol–water partition coefficient (Wildman–Crippen LogP) is 13.2. The molecule has 0 saturated carbocycles. The van der Waals surface area contributed by atoms with Crippen LogP contribution in [0.3, 0.4) is 0 Å². The number of rotatable bonds is 6. The van der Waals surface area contributed by atoms with Crippen molar-refractivity contribution in [2.45, 2.75) is 0 Å². The van der Waals surface area contributed by atoms with Gasteiger partial charge in [-0.25, -0.2) is 15.0 Å². The summed E-state index contributed by atoms with van der Waals surface area (Å²) in [4.78, 5) is 14.6. The van der Waals surface area contributed by atoms with Crippen molar-refractivity contribution in [3.8, 4) is 62.1 Å². The van der Waals surface area contributed by atoms with Crippen LogP contribution in [0.5, 0.6) is 0 Å². The van der Waals surface area contributed by atoms with Crippen molar-refractivity contribution < 1.29 is 26.3 Å². The highest BCUT2D eigenvalue weighted by atomic mass is 16.3. The topological polar surface area (TPSA) is 56.7 Å². The molecule has 0 aliphatic rings. The summed E-state index contributed by atoms with van der Waals surface area (Å²) in [6, 6.07) is 17.7. The largest absolute Gasteiger partial charge is 0.456 e. The van der Waals surface area contributed by atoms with Gasteiger partial charge in [-0.15, -0.1) is 0 Å². The quantitative estimate of drug-likeness (QED) is 0.171. The fraction of sp³-hybridized carbons (Fsp3) is 0. The number of benzene rings is 8. The number of hydrogen-bond acceptors (Lipinski definition) is 4. The van der Waals surface area contributed by atoms with E-state index in [-0.39, 0.29) is 33.8 Å². The lowest BCUT2D eigenvalue weighted by molar-refractivity contribution is 0.669. The molecular weight excluding hydrogens is 685 g/mol. The molecule has 262 valence electrons. The van der Waals surface area contributed by atoms with E-state index in [4.69, 9.17) is 30.3 Å². The zero-order valence-corrected chi connectivity index (χ0v) is 28.9. The van der Waals surface area contributed by atoms with Crippen molar-refractivity contribution in [2.75, 3.05) is 0 Å². The molecule has 5 nitrogen and oxygen atoms in total. The highest BCUT2D eigenvalue weighted by Crippen LogP contribution is 2.37. The van der Waals surface area contributed by atoms with E-state index in [0.717, 1.165) is 26.5 Å². The summed E-state index contributed by atoms with van der Waals surface area (Å²) >= 11 is 0. The average molecular weight is 733 g/mol. The Hall–Kier alpha value is -7.63. The first-order valence-electron chi connectivity index (χ1n) is 25.5. The predicted molar refractivity (Wildman–Crippen MR) is 229 cm³/mol. The van der Waals surface area contributed by atoms with E-state index in [0.29, 0.717) is 22.3 Å². The maximum absolute atomic E-state index is 10.0. The fourth-order valence-corrected chi connectivity index (χ4v) is 6.84. The number of hydrogen-bond donors (Lipinski definition) is 0. The normalized spacial score (nSPS) is 15.6. The van der Waals surface area contributed by atoms with Gasteiger partial charge in [0, 0.05) is 43.9 Å². The first-order chi connectivity index (χ1) is 34.4. The molecule has 3 heterocycles. The third kappa shape index (κ3) is 5.45. The summed E-state index contributed by atoms with van der Waals surface area (Å²) in [6.07, 6.45) is 0.